The molecule has 24 heavy (non-hydrogen) atoms. The molecule has 1 N–H and O–H groups in total. The number of amides is 1. The molecule has 3 nitrogen and oxygen atoms in total. The van der Waals surface area contributed by atoms with E-state index in [4.69, 9.17) is 0 Å². The molecule has 0 bridgehead atoms. The molecule has 0 spiro atoms. The molecule has 1 aliphatic rings. The van der Waals surface area contributed by atoms with E-state index < -0.39 is 0 Å². The number of hydrogen-bond acceptors (Lipinski definition) is 2. The van der Waals surface area contributed by atoms with Gasteiger partial charge in [-0.3, -0.25) is 4.79 Å². The molecule has 1 fully saturated rings. The molecule has 0 unspecified atom stereocenters. The van der Waals surface area contributed by atoms with Crippen LogP contribution < -0.4 is 5.32 Å². The zero-order chi connectivity index (χ0) is 17.1. The Morgan fingerprint density at radius 3 is 2.92 bits per heavy atom. The Morgan fingerprint density at radius 1 is 1.29 bits per heavy atom. The van der Waals surface area contributed by atoms with Gasteiger partial charge in [0.15, 0.2) is 0 Å². The molecule has 3 rings (SSSR count). The molecule has 1 atom stereocenters. The first-order valence-electron chi connectivity index (χ1n) is 8.10. The number of hydrogen-bond donors (Lipinski definition) is 1. The molecule has 0 aromatic heterocycles. The van der Waals surface area contributed by atoms with Crippen LogP contribution in [-0.2, 0) is 0 Å². The van der Waals surface area contributed by atoms with Crippen molar-refractivity contribution < 1.29 is 9.18 Å². The van der Waals surface area contributed by atoms with Gasteiger partial charge in [-0.15, -0.1) is 0 Å². The largest absolute Gasteiger partial charge is 0.378 e. The lowest BCUT2D eigenvalue weighted by atomic mass is 10.0. The monoisotopic (exact) mass is 390 g/mol. The third kappa shape index (κ3) is 3.96. The van der Waals surface area contributed by atoms with Crippen molar-refractivity contribution >= 4 is 27.5 Å². The maximum absolute atomic E-state index is 13.9. The van der Waals surface area contributed by atoms with Crippen molar-refractivity contribution in [1.29, 1.82) is 0 Å². The lowest BCUT2D eigenvalue weighted by Gasteiger charge is -2.34. The highest BCUT2D eigenvalue weighted by Gasteiger charge is 2.25. The highest BCUT2D eigenvalue weighted by Crippen LogP contribution is 2.22. The molecule has 0 saturated carbocycles. The SMILES string of the molecule is Cc1ccc(F)c(N[C@H]2CCCN(C(=O)c3cccc(Br)c3)C2)c1. The van der Waals surface area contributed by atoms with Gasteiger partial charge in [0, 0.05) is 29.2 Å². The zero-order valence-corrected chi connectivity index (χ0v) is 15.1. The van der Waals surface area contributed by atoms with Gasteiger partial charge in [0.05, 0.1) is 5.69 Å². The molecule has 2 aromatic carbocycles. The van der Waals surface area contributed by atoms with Gasteiger partial charge in [-0.25, -0.2) is 4.39 Å². The molecule has 0 aliphatic carbocycles. The number of nitrogens with one attached hydrogen (secondary N) is 1. The summed E-state index contributed by atoms with van der Waals surface area (Å²) < 4.78 is 14.8. The number of anilines is 1. The van der Waals surface area contributed by atoms with Crippen LogP contribution in [0.25, 0.3) is 0 Å². The zero-order valence-electron chi connectivity index (χ0n) is 13.6. The summed E-state index contributed by atoms with van der Waals surface area (Å²) in [6.45, 7) is 3.26. The minimum Gasteiger partial charge on any atom is -0.378 e. The van der Waals surface area contributed by atoms with E-state index in [9.17, 15) is 9.18 Å². The predicted octanol–water partition coefficient (Wildman–Crippen LogP) is 4.61. The van der Waals surface area contributed by atoms with E-state index in [2.05, 4.69) is 21.2 Å². The highest BCUT2D eigenvalue weighted by atomic mass is 79.9. The van der Waals surface area contributed by atoms with Gasteiger partial charge in [0.25, 0.3) is 5.91 Å². The van der Waals surface area contributed by atoms with E-state index in [-0.39, 0.29) is 17.8 Å². The van der Waals surface area contributed by atoms with Crippen LogP contribution >= 0.6 is 15.9 Å². The van der Waals surface area contributed by atoms with Crippen LogP contribution in [0, 0.1) is 12.7 Å². The molecule has 1 heterocycles. The lowest BCUT2D eigenvalue weighted by molar-refractivity contribution is 0.0714. The van der Waals surface area contributed by atoms with Crippen LogP contribution in [0.1, 0.15) is 28.8 Å². The fourth-order valence-electron chi connectivity index (χ4n) is 3.05. The molecule has 1 saturated heterocycles. The molecule has 1 amide bonds. The van der Waals surface area contributed by atoms with Crippen molar-refractivity contribution in [2.75, 3.05) is 18.4 Å². The van der Waals surface area contributed by atoms with E-state index in [0.717, 1.165) is 29.4 Å². The molecule has 1 aliphatic heterocycles. The molecule has 2 aromatic rings. The van der Waals surface area contributed by atoms with E-state index in [1.165, 1.54) is 6.07 Å². The fraction of sp³-hybridized carbons (Fsp3) is 0.316. The second-order valence-corrected chi connectivity index (χ2v) is 7.14. The van der Waals surface area contributed by atoms with Crippen molar-refractivity contribution in [1.82, 2.24) is 4.90 Å². The number of nitrogens with zero attached hydrogens (tertiary/aromatic N) is 1. The van der Waals surface area contributed by atoms with Gasteiger partial charge >= 0.3 is 0 Å². The van der Waals surface area contributed by atoms with Crippen molar-refractivity contribution in [3.8, 4) is 0 Å². The predicted molar refractivity (Wildman–Crippen MR) is 97.8 cm³/mol. The Morgan fingerprint density at radius 2 is 2.12 bits per heavy atom. The van der Waals surface area contributed by atoms with Gasteiger partial charge in [-0.05, 0) is 55.7 Å². The van der Waals surface area contributed by atoms with E-state index in [1.54, 1.807) is 6.07 Å². The number of carbonyl (C=O) groups excluding carboxylic acids is 1. The second-order valence-electron chi connectivity index (χ2n) is 6.23. The van der Waals surface area contributed by atoms with Crippen molar-refractivity contribution in [3.63, 3.8) is 0 Å². The fourth-order valence-corrected chi connectivity index (χ4v) is 3.45. The first-order valence-corrected chi connectivity index (χ1v) is 8.90. The minimum absolute atomic E-state index is 0.0208. The molecule has 0 radical (unpaired) electrons. The average Bonchev–Trinajstić information content (AvgIpc) is 2.58. The summed E-state index contributed by atoms with van der Waals surface area (Å²) in [6, 6.07) is 12.5. The number of aryl methyl sites for hydroxylation is 1. The van der Waals surface area contributed by atoms with Crippen LogP contribution in [0.4, 0.5) is 10.1 Å². The van der Waals surface area contributed by atoms with Crippen molar-refractivity contribution in [2.45, 2.75) is 25.8 Å². The number of halogens is 2. The normalized spacial score (nSPS) is 17.6. The summed E-state index contributed by atoms with van der Waals surface area (Å²) in [7, 11) is 0. The highest BCUT2D eigenvalue weighted by molar-refractivity contribution is 9.10. The van der Waals surface area contributed by atoms with Gasteiger partial charge in [0.2, 0.25) is 0 Å². The number of piperidine rings is 1. The number of rotatable bonds is 3. The number of carbonyl (C=O) groups is 1. The topological polar surface area (TPSA) is 32.3 Å². The first kappa shape index (κ1) is 17.0. The van der Waals surface area contributed by atoms with Crippen LogP contribution in [0.15, 0.2) is 46.9 Å². The van der Waals surface area contributed by atoms with Gasteiger partial charge in [-0.2, -0.15) is 0 Å². The van der Waals surface area contributed by atoms with Crippen LogP contribution in [0.3, 0.4) is 0 Å². The smallest absolute Gasteiger partial charge is 0.253 e. The van der Waals surface area contributed by atoms with Crippen molar-refractivity contribution in [2.24, 2.45) is 0 Å². The van der Waals surface area contributed by atoms with Crippen LogP contribution in [-0.4, -0.2) is 29.9 Å². The van der Waals surface area contributed by atoms with Crippen LogP contribution in [0.5, 0.6) is 0 Å². The molecule has 126 valence electrons. The first-order chi connectivity index (χ1) is 11.5. The standard InChI is InChI=1S/C19H20BrFN2O/c1-13-7-8-17(21)18(10-13)22-16-6-3-9-23(12-16)19(24)14-4-2-5-15(20)11-14/h2,4-5,7-8,10-11,16,22H,3,6,9,12H2,1H3/t16-/m0/s1. The molecule has 5 heteroatoms. The van der Waals surface area contributed by atoms with Gasteiger partial charge in [0.1, 0.15) is 5.82 Å². The Labute approximate surface area is 150 Å². The third-order valence-electron chi connectivity index (χ3n) is 4.26. The van der Waals surface area contributed by atoms with E-state index in [0.29, 0.717) is 17.8 Å². The summed E-state index contributed by atoms with van der Waals surface area (Å²) in [6.07, 6.45) is 1.83. The lowest BCUT2D eigenvalue weighted by Crippen LogP contribution is -2.45. The molecular weight excluding hydrogens is 371 g/mol. The number of benzene rings is 2. The summed E-state index contributed by atoms with van der Waals surface area (Å²) in [5.41, 5.74) is 2.19. The maximum Gasteiger partial charge on any atom is 0.253 e. The molecular formula is C19H20BrFN2O. The second kappa shape index (κ2) is 7.34. The summed E-state index contributed by atoms with van der Waals surface area (Å²) in [4.78, 5) is 14.5. The summed E-state index contributed by atoms with van der Waals surface area (Å²) >= 11 is 3.40. The van der Waals surface area contributed by atoms with Crippen molar-refractivity contribution in [3.05, 3.63) is 63.9 Å². The third-order valence-corrected chi connectivity index (χ3v) is 4.75. The Kier molecular flexibility index (Phi) is 5.19. The van der Waals surface area contributed by atoms with Crippen LogP contribution in [0.2, 0.25) is 0 Å². The van der Waals surface area contributed by atoms with Gasteiger partial charge in [-0.1, -0.05) is 28.1 Å². The van der Waals surface area contributed by atoms with Gasteiger partial charge < -0.3 is 10.2 Å². The Hall–Kier alpha value is -1.88. The van der Waals surface area contributed by atoms with E-state index in [1.807, 2.05) is 42.2 Å². The maximum atomic E-state index is 13.9. The quantitative estimate of drug-likeness (QED) is 0.829. The Bertz CT molecular complexity index is 750. The Balaban J connectivity index is 1.70. The summed E-state index contributed by atoms with van der Waals surface area (Å²) in [5.74, 6) is -0.233. The average molecular weight is 391 g/mol. The number of likely N-dealkylation sites (tertiary alicyclic amines) is 1. The van der Waals surface area contributed by atoms with E-state index >= 15 is 0 Å². The minimum atomic E-state index is -0.254. The summed E-state index contributed by atoms with van der Waals surface area (Å²) in [5, 5.41) is 3.26.